The molecule has 1 aliphatic rings. The Morgan fingerprint density at radius 1 is 1.25 bits per heavy atom. The minimum Gasteiger partial charge on any atom is -0.367 e. The highest BCUT2D eigenvalue weighted by Gasteiger charge is 2.18. The molecule has 1 N–H and O–H groups in total. The number of aromatic nitrogens is 3. The molecule has 0 radical (unpaired) electrons. The summed E-state index contributed by atoms with van der Waals surface area (Å²) in [5.74, 6) is 0.889. The summed E-state index contributed by atoms with van der Waals surface area (Å²) in [6, 6.07) is 4.43. The Morgan fingerprint density at radius 3 is 2.85 bits per heavy atom. The molecule has 2 aromatic heterocycles. The molecule has 0 amide bonds. The Morgan fingerprint density at radius 2 is 2.05 bits per heavy atom. The second-order valence-electron chi connectivity index (χ2n) is 5.10. The topological polar surface area (TPSA) is 53.9 Å². The Labute approximate surface area is 118 Å². The first-order valence-electron chi connectivity index (χ1n) is 7.03. The van der Waals surface area contributed by atoms with Gasteiger partial charge in [0.1, 0.15) is 11.3 Å². The molecule has 20 heavy (non-hydrogen) atoms. The molecular weight excluding hydrogens is 250 g/mol. The molecule has 3 heterocycles. The van der Waals surface area contributed by atoms with E-state index in [0.29, 0.717) is 11.7 Å². The van der Waals surface area contributed by atoms with E-state index in [1.165, 1.54) is 0 Å². The summed E-state index contributed by atoms with van der Waals surface area (Å²) in [7, 11) is 0. The van der Waals surface area contributed by atoms with E-state index >= 15 is 0 Å². The zero-order valence-electron chi connectivity index (χ0n) is 11.5. The third kappa shape index (κ3) is 2.93. The predicted octanol–water partition coefficient (Wildman–Crippen LogP) is 2.09. The van der Waals surface area contributed by atoms with Crippen molar-refractivity contribution in [3.05, 3.63) is 37.2 Å². The van der Waals surface area contributed by atoms with Crippen LogP contribution in [0.4, 0.5) is 5.82 Å². The van der Waals surface area contributed by atoms with Gasteiger partial charge in [-0.2, -0.15) is 0 Å². The van der Waals surface area contributed by atoms with Crippen LogP contribution in [0.5, 0.6) is 0 Å². The van der Waals surface area contributed by atoms with Crippen LogP contribution in [0.25, 0.3) is 11.2 Å². The Bertz CT molecular complexity index is 590. The summed E-state index contributed by atoms with van der Waals surface area (Å²) < 4.78 is 0. The van der Waals surface area contributed by atoms with Gasteiger partial charge in [-0.3, -0.25) is 9.88 Å². The first-order chi connectivity index (χ1) is 9.85. The lowest BCUT2D eigenvalue weighted by atomic mass is 10.1. The summed E-state index contributed by atoms with van der Waals surface area (Å²) in [5, 5.41) is 3.50. The normalized spacial score (nSPS) is 17.2. The Balaban J connectivity index is 1.63. The summed E-state index contributed by atoms with van der Waals surface area (Å²) >= 11 is 0. The predicted molar refractivity (Wildman–Crippen MR) is 80.6 cm³/mol. The number of nitrogens with one attached hydrogen (secondary N) is 1. The molecule has 0 spiro atoms. The lowest BCUT2D eigenvalue weighted by Gasteiger charge is -2.31. The average molecular weight is 269 g/mol. The zero-order valence-corrected chi connectivity index (χ0v) is 11.5. The minimum atomic E-state index is 0.484. The third-order valence-corrected chi connectivity index (χ3v) is 3.66. The first-order valence-corrected chi connectivity index (χ1v) is 7.03. The molecule has 1 aliphatic heterocycles. The molecule has 0 aromatic carbocycles. The van der Waals surface area contributed by atoms with Gasteiger partial charge in [-0.1, -0.05) is 6.08 Å². The van der Waals surface area contributed by atoms with Crippen LogP contribution < -0.4 is 5.32 Å². The van der Waals surface area contributed by atoms with Crippen LogP contribution in [0, 0.1) is 0 Å². The Hall–Kier alpha value is -2.01. The van der Waals surface area contributed by atoms with Crippen LogP contribution in [0.15, 0.2) is 37.2 Å². The van der Waals surface area contributed by atoms with Crippen molar-refractivity contribution in [1.82, 2.24) is 19.9 Å². The van der Waals surface area contributed by atoms with Crippen LogP contribution in [0.2, 0.25) is 0 Å². The van der Waals surface area contributed by atoms with Gasteiger partial charge < -0.3 is 5.32 Å². The fourth-order valence-electron chi connectivity index (χ4n) is 2.59. The van der Waals surface area contributed by atoms with Crippen molar-refractivity contribution < 1.29 is 0 Å². The van der Waals surface area contributed by atoms with Gasteiger partial charge in [0.15, 0.2) is 5.65 Å². The molecule has 5 heteroatoms. The number of nitrogens with zero attached hydrogens (tertiary/aromatic N) is 4. The molecule has 0 unspecified atom stereocenters. The van der Waals surface area contributed by atoms with Gasteiger partial charge in [-0.05, 0) is 25.0 Å². The summed E-state index contributed by atoms with van der Waals surface area (Å²) in [6.45, 7) is 6.99. The monoisotopic (exact) mass is 269 g/mol. The number of piperidine rings is 1. The van der Waals surface area contributed by atoms with E-state index < -0.39 is 0 Å². The average Bonchev–Trinajstić information content (AvgIpc) is 2.49. The van der Waals surface area contributed by atoms with Gasteiger partial charge in [-0.15, -0.1) is 6.58 Å². The number of likely N-dealkylation sites (tertiary alicyclic amines) is 1. The molecule has 1 fully saturated rings. The quantitative estimate of drug-likeness (QED) is 0.861. The van der Waals surface area contributed by atoms with E-state index in [1.54, 1.807) is 12.4 Å². The van der Waals surface area contributed by atoms with E-state index in [9.17, 15) is 0 Å². The molecule has 0 aliphatic carbocycles. The van der Waals surface area contributed by atoms with Crippen LogP contribution in [0.3, 0.4) is 0 Å². The number of fused-ring (bicyclic) bond motifs is 1. The molecule has 2 aromatic rings. The van der Waals surface area contributed by atoms with Gasteiger partial charge in [0.2, 0.25) is 0 Å². The van der Waals surface area contributed by atoms with E-state index in [4.69, 9.17) is 0 Å². The number of pyridine rings is 1. The van der Waals surface area contributed by atoms with Crippen molar-refractivity contribution in [3.8, 4) is 0 Å². The molecule has 0 bridgehead atoms. The van der Waals surface area contributed by atoms with Crippen LogP contribution in [-0.2, 0) is 0 Å². The van der Waals surface area contributed by atoms with E-state index in [-0.39, 0.29) is 0 Å². The molecule has 1 saturated heterocycles. The van der Waals surface area contributed by atoms with Gasteiger partial charge in [0.05, 0.1) is 0 Å². The third-order valence-electron chi connectivity index (χ3n) is 3.66. The fourth-order valence-corrected chi connectivity index (χ4v) is 2.59. The maximum absolute atomic E-state index is 4.51. The molecule has 3 rings (SSSR count). The first kappa shape index (κ1) is 13.0. The van der Waals surface area contributed by atoms with Gasteiger partial charge >= 0.3 is 0 Å². The van der Waals surface area contributed by atoms with Crippen molar-refractivity contribution >= 4 is 17.0 Å². The van der Waals surface area contributed by atoms with Gasteiger partial charge in [0.25, 0.3) is 0 Å². The van der Waals surface area contributed by atoms with Crippen LogP contribution in [0.1, 0.15) is 12.8 Å². The lowest BCUT2D eigenvalue weighted by Crippen LogP contribution is -2.39. The van der Waals surface area contributed by atoms with Crippen LogP contribution >= 0.6 is 0 Å². The number of anilines is 1. The van der Waals surface area contributed by atoms with Crippen molar-refractivity contribution in [2.24, 2.45) is 0 Å². The highest BCUT2D eigenvalue weighted by atomic mass is 15.1. The highest BCUT2D eigenvalue weighted by molar-refractivity contribution is 5.71. The largest absolute Gasteiger partial charge is 0.367 e. The van der Waals surface area contributed by atoms with Crippen molar-refractivity contribution in [1.29, 1.82) is 0 Å². The molecule has 5 nitrogen and oxygen atoms in total. The molecular formula is C15H19N5. The fraction of sp³-hybridized carbons (Fsp3) is 0.400. The van der Waals surface area contributed by atoms with Crippen LogP contribution in [-0.4, -0.2) is 45.5 Å². The molecule has 104 valence electrons. The SMILES string of the molecule is C=CCN1CCC(Nc2ccc3nccnc3n2)CC1. The summed E-state index contributed by atoms with van der Waals surface area (Å²) in [5.41, 5.74) is 1.53. The summed E-state index contributed by atoms with van der Waals surface area (Å²) in [4.78, 5) is 15.4. The minimum absolute atomic E-state index is 0.484. The molecule has 0 atom stereocenters. The highest BCUT2D eigenvalue weighted by Crippen LogP contribution is 2.16. The maximum Gasteiger partial charge on any atom is 0.180 e. The van der Waals surface area contributed by atoms with Crippen molar-refractivity contribution in [2.75, 3.05) is 25.0 Å². The number of hydrogen-bond acceptors (Lipinski definition) is 5. The number of rotatable bonds is 4. The van der Waals surface area contributed by atoms with E-state index in [0.717, 1.165) is 43.8 Å². The number of hydrogen-bond donors (Lipinski definition) is 1. The zero-order chi connectivity index (χ0) is 13.8. The van der Waals surface area contributed by atoms with Crippen molar-refractivity contribution in [2.45, 2.75) is 18.9 Å². The van der Waals surface area contributed by atoms with E-state index in [1.807, 2.05) is 18.2 Å². The maximum atomic E-state index is 4.51. The second-order valence-corrected chi connectivity index (χ2v) is 5.10. The van der Waals surface area contributed by atoms with Gasteiger partial charge in [-0.25, -0.2) is 9.97 Å². The smallest absolute Gasteiger partial charge is 0.180 e. The van der Waals surface area contributed by atoms with Crippen molar-refractivity contribution in [3.63, 3.8) is 0 Å². The molecule has 0 saturated carbocycles. The lowest BCUT2D eigenvalue weighted by molar-refractivity contribution is 0.240. The van der Waals surface area contributed by atoms with E-state index in [2.05, 4.69) is 31.7 Å². The standard InChI is InChI=1S/C15H19N5/c1-2-9-20-10-5-12(6-11-20)18-14-4-3-13-15(19-14)17-8-7-16-13/h2-4,7-8,12H,1,5-6,9-11H2,(H,17,18,19). The van der Waals surface area contributed by atoms with Gasteiger partial charge in [0, 0.05) is 38.1 Å². The second kappa shape index (κ2) is 5.96. The Kier molecular flexibility index (Phi) is 3.87. The summed E-state index contributed by atoms with van der Waals surface area (Å²) in [6.07, 6.45) is 7.60.